The predicted molar refractivity (Wildman–Crippen MR) is 123 cm³/mol. The van der Waals surface area contributed by atoms with Gasteiger partial charge in [0, 0.05) is 25.9 Å². The van der Waals surface area contributed by atoms with Crippen LogP contribution in [0, 0.1) is 5.92 Å². The predicted octanol–water partition coefficient (Wildman–Crippen LogP) is 3.75. The van der Waals surface area contributed by atoms with Gasteiger partial charge in [0.05, 0.1) is 25.1 Å². The minimum Gasteiger partial charge on any atom is -0.493 e. The molecule has 0 spiro atoms. The number of rotatable bonds is 6. The molecule has 4 heterocycles. The maximum atomic E-state index is 5.92. The molecule has 0 bridgehead atoms. The first-order valence-corrected chi connectivity index (χ1v) is 11.3. The van der Waals surface area contributed by atoms with Gasteiger partial charge in [-0.3, -0.25) is 0 Å². The lowest BCUT2D eigenvalue weighted by molar-refractivity contribution is 0.0445. The quantitative estimate of drug-likeness (QED) is 0.547. The fourth-order valence-electron chi connectivity index (χ4n) is 4.52. The van der Waals surface area contributed by atoms with Gasteiger partial charge in [-0.15, -0.1) is 5.10 Å². The van der Waals surface area contributed by atoms with E-state index in [2.05, 4.69) is 59.7 Å². The minimum atomic E-state index is -0.205. The molecule has 3 aromatic rings. The normalized spacial score (nSPS) is 18.1. The summed E-state index contributed by atoms with van der Waals surface area (Å²) in [7, 11) is 0. The lowest BCUT2D eigenvalue weighted by Gasteiger charge is -2.24. The third kappa shape index (κ3) is 4.40. The Hall–Kier alpha value is -3.16. The number of benzene rings is 1. The second kappa shape index (κ2) is 8.07. The van der Waals surface area contributed by atoms with Crippen LogP contribution in [0.15, 0.2) is 36.7 Å². The Balaban J connectivity index is 1.29. The van der Waals surface area contributed by atoms with Gasteiger partial charge >= 0.3 is 0 Å². The lowest BCUT2D eigenvalue weighted by atomic mass is 10.0. The largest absolute Gasteiger partial charge is 0.493 e. The van der Waals surface area contributed by atoms with Crippen molar-refractivity contribution in [1.82, 2.24) is 25.0 Å². The number of allylic oxidation sites excluding steroid dienone is 1. The number of hydrogen-bond acceptors (Lipinski definition) is 7. The first-order chi connectivity index (χ1) is 15.3. The van der Waals surface area contributed by atoms with Gasteiger partial charge in [-0.25, -0.2) is 14.6 Å². The Kier molecular flexibility index (Phi) is 5.23. The van der Waals surface area contributed by atoms with Crippen molar-refractivity contribution in [3.8, 4) is 5.75 Å². The zero-order valence-electron chi connectivity index (χ0n) is 19.0. The van der Waals surface area contributed by atoms with Gasteiger partial charge in [0.25, 0.3) is 0 Å². The molecule has 0 radical (unpaired) electrons. The second-order valence-electron chi connectivity index (χ2n) is 9.72. The smallest absolute Gasteiger partial charge is 0.221 e. The van der Waals surface area contributed by atoms with Crippen molar-refractivity contribution in [2.24, 2.45) is 5.92 Å². The van der Waals surface area contributed by atoms with Crippen LogP contribution in [0.5, 0.6) is 5.75 Å². The van der Waals surface area contributed by atoms with Gasteiger partial charge in [-0.05, 0) is 50.3 Å². The Morgan fingerprint density at radius 3 is 3.03 bits per heavy atom. The Morgan fingerprint density at radius 2 is 2.19 bits per heavy atom. The molecule has 0 aliphatic carbocycles. The Labute approximate surface area is 188 Å². The van der Waals surface area contributed by atoms with Gasteiger partial charge in [0.15, 0.2) is 5.65 Å². The van der Waals surface area contributed by atoms with E-state index in [4.69, 9.17) is 14.5 Å². The summed E-state index contributed by atoms with van der Waals surface area (Å²) in [6, 6.07) is 6.30. The summed E-state index contributed by atoms with van der Waals surface area (Å²) in [5, 5.41) is 8.52. The molecule has 1 unspecified atom stereocenters. The molecular weight excluding hydrogens is 404 g/mol. The summed E-state index contributed by atoms with van der Waals surface area (Å²) < 4.78 is 13.4. The highest BCUT2D eigenvalue weighted by Crippen LogP contribution is 2.29. The summed E-state index contributed by atoms with van der Waals surface area (Å²) in [6.45, 7) is 13.5. The summed E-state index contributed by atoms with van der Waals surface area (Å²) in [6.07, 6.45) is 4.71. The number of ether oxygens (including phenoxy) is 2. The van der Waals surface area contributed by atoms with Crippen molar-refractivity contribution in [1.29, 1.82) is 0 Å². The van der Waals surface area contributed by atoms with E-state index < -0.39 is 0 Å². The molecule has 2 aliphatic heterocycles. The van der Waals surface area contributed by atoms with Crippen LogP contribution >= 0.6 is 0 Å². The average molecular weight is 435 g/mol. The van der Waals surface area contributed by atoms with Crippen LogP contribution in [-0.2, 0) is 17.7 Å². The molecule has 1 atom stereocenters. The monoisotopic (exact) mass is 434 g/mol. The van der Waals surface area contributed by atoms with E-state index in [0.717, 1.165) is 61.8 Å². The highest BCUT2D eigenvalue weighted by atomic mass is 16.5. The van der Waals surface area contributed by atoms with E-state index in [9.17, 15) is 0 Å². The van der Waals surface area contributed by atoms with Crippen LogP contribution in [0.4, 0.5) is 5.82 Å². The summed E-state index contributed by atoms with van der Waals surface area (Å²) in [4.78, 5) is 11.7. The van der Waals surface area contributed by atoms with E-state index in [0.29, 0.717) is 23.8 Å². The summed E-state index contributed by atoms with van der Waals surface area (Å²) >= 11 is 0. The van der Waals surface area contributed by atoms with Crippen LogP contribution in [0.3, 0.4) is 0 Å². The highest BCUT2D eigenvalue weighted by Gasteiger charge is 2.26. The number of aromatic nitrogens is 5. The molecule has 5 rings (SSSR count). The molecule has 1 aromatic carbocycles. The van der Waals surface area contributed by atoms with Crippen LogP contribution < -0.4 is 9.64 Å². The van der Waals surface area contributed by atoms with Gasteiger partial charge in [0.2, 0.25) is 5.65 Å². The summed E-state index contributed by atoms with van der Waals surface area (Å²) in [5.41, 5.74) is 3.48. The van der Waals surface area contributed by atoms with E-state index >= 15 is 0 Å². The maximum absolute atomic E-state index is 5.92. The number of nitrogens with zero attached hydrogens (tertiary/aromatic N) is 6. The molecule has 0 saturated carbocycles. The molecule has 32 heavy (non-hydrogen) atoms. The van der Waals surface area contributed by atoms with Crippen LogP contribution in [0.1, 0.15) is 44.7 Å². The van der Waals surface area contributed by atoms with E-state index in [1.54, 1.807) is 6.20 Å². The van der Waals surface area contributed by atoms with Crippen molar-refractivity contribution in [2.75, 3.05) is 24.6 Å². The SMILES string of the molecule is C=C(CC1CCN(c2cnc3nnn(Cc4ccc5c(c4)CCO5)c3n2)C1)OC(C)(C)C. The standard InChI is InChI=1S/C24H30N6O2/c1-16(32-24(2,3)4)11-18-7-9-29(14-18)21-13-25-22-23(26-21)30(28-27-22)15-17-5-6-20-19(12-17)8-10-31-20/h5-6,12-13,18H,1,7-11,14-15H2,2-4H3. The molecule has 8 nitrogen and oxygen atoms in total. The average Bonchev–Trinajstić information content (AvgIpc) is 3.46. The van der Waals surface area contributed by atoms with Gasteiger partial charge in [-0.1, -0.05) is 23.9 Å². The number of fused-ring (bicyclic) bond motifs is 2. The topological polar surface area (TPSA) is 78.2 Å². The first-order valence-electron chi connectivity index (χ1n) is 11.3. The van der Waals surface area contributed by atoms with Gasteiger partial charge < -0.3 is 14.4 Å². The first kappa shape index (κ1) is 20.7. The molecule has 2 aromatic heterocycles. The third-order valence-corrected chi connectivity index (χ3v) is 5.88. The number of hydrogen-bond donors (Lipinski definition) is 0. The zero-order valence-corrected chi connectivity index (χ0v) is 19.0. The zero-order chi connectivity index (χ0) is 22.3. The van der Waals surface area contributed by atoms with E-state index in [1.807, 2.05) is 10.7 Å². The van der Waals surface area contributed by atoms with Crippen molar-refractivity contribution >= 4 is 17.1 Å². The molecule has 2 aliphatic rings. The molecule has 1 fully saturated rings. The van der Waals surface area contributed by atoms with Crippen LogP contribution in [0.2, 0.25) is 0 Å². The van der Waals surface area contributed by atoms with Crippen molar-refractivity contribution in [2.45, 2.75) is 52.2 Å². The number of anilines is 1. The fraction of sp³-hybridized carbons (Fsp3) is 0.500. The Bertz CT molecular complexity index is 1150. The fourth-order valence-corrected chi connectivity index (χ4v) is 4.52. The van der Waals surface area contributed by atoms with E-state index in [1.165, 1.54) is 5.56 Å². The molecule has 0 amide bonds. The van der Waals surface area contributed by atoms with Crippen LogP contribution in [-0.4, -0.2) is 50.3 Å². The minimum absolute atomic E-state index is 0.205. The van der Waals surface area contributed by atoms with Crippen molar-refractivity contribution in [3.05, 3.63) is 47.9 Å². The van der Waals surface area contributed by atoms with E-state index in [-0.39, 0.29) is 5.60 Å². The molecule has 0 N–H and O–H groups in total. The lowest BCUT2D eigenvalue weighted by Crippen LogP contribution is -2.22. The molecule has 8 heteroatoms. The van der Waals surface area contributed by atoms with Crippen molar-refractivity contribution in [3.63, 3.8) is 0 Å². The van der Waals surface area contributed by atoms with Gasteiger partial charge in [0.1, 0.15) is 17.2 Å². The molecule has 168 valence electrons. The molecular formula is C24H30N6O2. The second-order valence-corrected chi connectivity index (χ2v) is 9.72. The van der Waals surface area contributed by atoms with Gasteiger partial charge in [-0.2, -0.15) is 0 Å². The van der Waals surface area contributed by atoms with Crippen LogP contribution in [0.25, 0.3) is 11.3 Å². The maximum Gasteiger partial charge on any atom is 0.221 e. The summed E-state index contributed by atoms with van der Waals surface area (Å²) in [5.74, 6) is 3.21. The third-order valence-electron chi connectivity index (χ3n) is 5.88. The highest BCUT2D eigenvalue weighted by molar-refractivity contribution is 5.67. The van der Waals surface area contributed by atoms with Crippen molar-refractivity contribution < 1.29 is 9.47 Å². The Morgan fingerprint density at radius 1 is 1.31 bits per heavy atom. The molecule has 1 saturated heterocycles.